The maximum absolute atomic E-state index is 11.7. The number of primary amides is 1. The lowest BCUT2D eigenvalue weighted by Gasteiger charge is -2.42. The third-order valence-corrected chi connectivity index (χ3v) is 4.61. The number of nitrogens with zero attached hydrogens (tertiary/aromatic N) is 1. The van der Waals surface area contributed by atoms with Crippen molar-refractivity contribution in [2.24, 2.45) is 5.73 Å². The molecule has 2 atom stereocenters. The number of carbonyl (C=O) groups excluding carboxylic acids is 1. The quantitative estimate of drug-likeness (QED) is 0.885. The van der Waals surface area contributed by atoms with Crippen LogP contribution in [0.5, 0.6) is 0 Å². The van der Waals surface area contributed by atoms with Crippen LogP contribution in [0.1, 0.15) is 49.3 Å². The van der Waals surface area contributed by atoms with Crippen molar-refractivity contribution in [1.82, 2.24) is 4.90 Å². The summed E-state index contributed by atoms with van der Waals surface area (Å²) in [7, 11) is 0. The monoisotopic (exact) mass is 258 g/mol. The van der Waals surface area contributed by atoms with Crippen molar-refractivity contribution < 1.29 is 4.79 Å². The second kappa shape index (κ2) is 5.33. The molecular formula is C16H22N2O. The van der Waals surface area contributed by atoms with Crippen LogP contribution in [0.2, 0.25) is 0 Å². The minimum Gasteiger partial charge on any atom is -0.368 e. The molecule has 1 aliphatic carbocycles. The molecule has 1 heterocycles. The Hall–Kier alpha value is -1.35. The topological polar surface area (TPSA) is 46.3 Å². The van der Waals surface area contributed by atoms with Crippen LogP contribution in [0.25, 0.3) is 0 Å². The van der Waals surface area contributed by atoms with Crippen molar-refractivity contribution in [3.05, 3.63) is 35.4 Å². The zero-order valence-corrected chi connectivity index (χ0v) is 11.3. The number of amides is 1. The number of benzene rings is 1. The van der Waals surface area contributed by atoms with Gasteiger partial charge in [0.1, 0.15) is 0 Å². The van der Waals surface area contributed by atoms with Gasteiger partial charge >= 0.3 is 0 Å². The van der Waals surface area contributed by atoms with E-state index in [1.54, 1.807) is 0 Å². The van der Waals surface area contributed by atoms with Crippen LogP contribution in [0.3, 0.4) is 0 Å². The molecule has 3 rings (SSSR count). The number of piperidine rings is 1. The summed E-state index contributed by atoms with van der Waals surface area (Å²) >= 11 is 0. The molecule has 0 spiro atoms. The minimum absolute atomic E-state index is 0.0649. The van der Waals surface area contributed by atoms with Crippen molar-refractivity contribution in [3.63, 3.8) is 0 Å². The Morgan fingerprint density at radius 2 is 2.00 bits per heavy atom. The standard InChI is InChI=1S/C16H22N2O/c17-16(19)15-9-3-4-11-18(15)14-10-5-7-12-6-1-2-8-13(12)14/h1-2,6,8,14-15H,3-5,7,9-11H2,(H2,17,19)/t14-,15?/m1/s1. The molecule has 1 saturated heterocycles. The fraction of sp³-hybridized carbons (Fsp3) is 0.562. The summed E-state index contributed by atoms with van der Waals surface area (Å²) in [6.07, 6.45) is 6.77. The van der Waals surface area contributed by atoms with Gasteiger partial charge in [0.2, 0.25) is 5.91 Å². The Morgan fingerprint density at radius 1 is 1.16 bits per heavy atom. The van der Waals surface area contributed by atoms with E-state index in [9.17, 15) is 4.79 Å². The first-order valence-electron chi connectivity index (χ1n) is 7.40. The zero-order chi connectivity index (χ0) is 13.2. The molecular weight excluding hydrogens is 236 g/mol. The summed E-state index contributed by atoms with van der Waals surface area (Å²) in [4.78, 5) is 14.1. The van der Waals surface area contributed by atoms with Gasteiger partial charge in [0.25, 0.3) is 0 Å². The lowest BCUT2D eigenvalue weighted by Crippen LogP contribution is -2.49. The van der Waals surface area contributed by atoms with Gasteiger partial charge in [-0.3, -0.25) is 9.69 Å². The summed E-state index contributed by atoms with van der Waals surface area (Å²) in [5, 5.41) is 0. The Bertz CT molecular complexity index is 472. The van der Waals surface area contributed by atoms with Gasteiger partial charge in [-0.05, 0) is 49.8 Å². The number of fused-ring (bicyclic) bond motifs is 1. The highest BCUT2D eigenvalue weighted by Gasteiger charge is 2.34. The van der Waals surface area contributed by atoms with Gasteiger partial charge in [-0.25, -0.2) is 0 Å². The molecule has 0 bridgehead atoms. The second-order valence-corrected chi connectivity index (χ2v) is 5.76. The molecule has 0 radical (unpaired) electrons. The lowest BCUT2D eigenvalue weighted by atomic mass is 9.84. The fourth-order valence-corrected chi connectivity index (χ4v) is 3.71. The second-order valence-electron chi connectivity index (χ2n) is 5.76. The van der Waals surface area contributed by atoms with E-state index in [-0.39, 0.29) is 11.9 Å². The molecule has 1 unspecified atom stereocenters. The van der Waals surface area contributed by atoms with E-state index in [4.69, 9.17) is 5.73 Å². The van der Waals surface area contributed by atoms with Gasteiger partial charge in [0.05, 0.1) is 6.04 Å². The van der Waals surface area contributed by atoms with Crippen molar-refractivity contribution in [1.29, 1.82) is 0 Å². The Balaban J connectivity index is 1.91. The van der Waals surface area contributed by atoms with Crippen LogP contribution >= 0.6 is 0 Å². The molecule has 1 aliphatic heterocycles. The van der Waals surface area contributed by atoms with Crippen molar-refractivity contribution in [2.45, 2.75) is 50.6 Å². The maximum atomic E-state index is 11.7. The van der Waals surface area contributed by atoms with E-state index in [1.165, 1.54) is 30.4 Å². The molecule has 0 saturated carbocycles. The largest absolute Gasteiger partial charge is 0.368 e. The zero-order valence-electron chi connectivity index (χ0n) is 11.3. The van der Waals surface area contributed by atoms with E-state index < -0.39 is 0 Å². The molecule has 19 heavy (non-hydrogen) atoms. The molecule has 3 nitrogen and oxygen atoms in total. The molecule has 2 aliphatic rings. The van der Waals surface area contributed by atoms with Crippen molar-refractivity contribution in [2.75, 3.05) is 6.54 Å². The normalized spacial score (nSPS) is 27.8. The van der Waals surface area contributed by atoms with Gasteiger partial charge in [-0.1, -0.05) is 30.7 Å². The number of hydrogen-bond acceptors (Lipinski definition) is 2. The number of carbonyl (C=O) groups is 1. The highest BCUT2D eigenvalue weighted by atomic mass is 16.1. The Kier molecular flexibility index (Phi) is 3.56. The average Bonchev–Trinajstić information content (AvgIpc) is 2.46. The van der Waals surface area contributed by atoms with E-state index in [0.717, 1.165) is 25.8 Å². The summed E-state index contributed by atoms with van der Waals surface area (Å²) in [5.74, 6) is -0.150. The van der Waals surface area contributed by atoms with Gasteiger partial charge in [0.15, 0.2) is 0 Å². The number of aryl methyl sites for hydroxylation is 1. The first kappa shape index (κ1) is 12.7. The van der Waals surface area contributed by atoms with Gasteiger partial charge in [0, 0.05) is 6.04 Å². The van der Waals surface area contributed by atoms with Crippen LogP contribution < -0.4 is 5.73 Å². The summed E-state index contributed by atoms with van der Waals surface area (Å²) in [6, 6.07) is 9.01. The predicted octanol–water partition coefficient (Wildman–Crippen LogP) is 2.40. The molecule has 2 N–H and O–H groups in total. The van der Waals surface area contributed by atoms with E-state index in [0.29, 0.717) is 6.04 Å². The SMILES string of the molecule is NC(=O)C1CCCCN1[C@@H]1CCCc2ccccc21. The number of nitrogens with two attached hydrogens (primary N) is 1. The van der Waals surface area contributed by atoms with Crippen molar-refractivity contribution >= 4 is 5.91 Å². The highest BCUT2D eigenvalue weighted by Crippen LogP contribution is 2.37. The van der Waals surface area contributed by atoms with Crippen LogP contribution in [0, 0.1) is 0 Å². The first-order valence-corrected chi connectivity index (χ1v) is 7.40. The van der Waals surface area contributed by atoms with Gasteiger partial charge in [-0.2, -0.15) is 0 Å². The van der Waals surface area contributed by atoms with Crippen LogP contribution in [0.4, 0.5) is 0 Å². The summed E-state index contributed by atoms with van der Waals surface area (Å²) in [5.41, 5.74) is 8.47. The molecule has 0 aromatic heterocycles. The number of hydrogen-bond donors (Lipinski definition) is 1. The van der Waals surface area contributed by atoms with Crippen molar-refractivity contribution in [3.8, 4) is 0 Å². The molecule has 1 aromatic rings. The highest BCUT2D eigenvalue weighted by molar-refractivity contribution is 5.80. The predicted molar refractivity (Wildman–Crippen MR) is 75.7 cm³/mol. The molecule has 102 valence electrons. The van der Waals surface area contributed by atoms with Gasteiger partial charge in [-0.15, -0.1) is 0 Å². The van der Waals surface area contributed by atoms with Crippen LogP contribution in [-0.2, 0) is 11.2 Å². The molecule has 1 aromatic carbocycles. The Labute approximate surface area is 114 Å². The minimum atomic E-state index is -0.150. The fourth-order valence-electron chi connectivity index (χ4n) is 3.71. The van der Waals surface area contributed by atoms with Crippen LogP contribution in [0.15, 0.2) is 24.3 Å². The summed E-state index contributed by atoms with van der Waals surface area (Å²) in [6.45, 7) is 1.01. The number of likely N-dealkylation sites (tertiary alicyclic amines) is 1. The summed E-state index contributed by atoms with van der Waals surface area (Å²) < 4.78 is 0. The van der Waals surface area contributed by atoms with E-state index in [1.807, 2.05) is 0 Å². The maximum Gasteiger partial charge on any atom is 0.234 e. The molecule has 1 amide bonds. The third-order valence-electron chi connectivity index (χ3n) is 4.61. The molecule has 1 fully saturated rings. The smallest absolute Gasteiger partial charge is 0.234 e. The average molecular weight is 258 g/mol. The van der Waals surface area contributed by atoms with Crippen LogP contribution in [-0.4, -0.2) is 23.4 Å². The first-order chi connectivity index (χ1) is 9.27. The Morgan fingerprint density at radius 3 is 2.84 bits per heavy atom. The third kappa shape index (κ3) is 2.39. The lowest BCUT2D eigenvalue weighted by molar-refractivity contribution is -0.125. The van der Waals surface area contributed by atoms with E-state index >= 15 is 0 Å². The number of rotatable bonds is 2. The van der Waals surface area contributed by atoms with Gasteiger partial charge < -0.3 is 5.73 Å². The van der Waals surface area contributed by atoms with E-state index in [2.05, 4.69) is 29.2 Å². The molecule has 3 heteroatoms.